The number of hydrogen-bond acceptors (Lipinski definition) is 7. The zero-order valence-corrected chi connectivity index (χ0v) is 21.2. The maximum absolute atomic E-state index is 12.8. The number of likely N-dealkylation sites (tertiary alicyclic amines) is 1. The number of phenolic OH excluding ortho intramolecular Hbond substituents is 1. The number of nitrogens with one attached hydrogen (secondary N) is 2. The number of nitrogens with zero attached hydrogens (tertiary/aromatic N) is 3. The van der Waals surface area contributed by atoms with Crippen LogP contribution < -0.4 is 5.32 Å². The summed E-state index contributed by atoms with van der Waals surface area (Å²) < 4.78 is 5.42. The van der Waals surface area contributed by atoms with Crippen molar-refractivity contribution in [1.29, 1.82) is 0 Å². The number of aromatic nitrogens is 2. The number of methoxy groups -OCH3 is 1. The normalized spacial score (nSPS) is 20.2. The van der Waals surface area contributed by atoms with Crippen LogP contribution in [0.3, 0.4) is 0 Å². The molecule has 1 fully saturated rings. The van der Waals surface area contributed by atoms with Crippen LogP contribution in [0.25, 0.3) is 17.5 Å². The van der Waals surface area contributed by atoms with E-state index in [4.69, 9.17) is 9.72 Å². The molecule has 1 amide bonds. The Hall–Kier alpha value is -3.43. The van der Waals surface area contributed by atoms with E-state index in [9.17, 15) is 15.0 Å². The summed E-state index contributed by atoms with van der Waals surface area (Å²) in [5, 5.41) is 23.3. The van der Waals surface area contributed by atoms with E-state index < -0.39 is 0 Å². The van der Waals surface area contributed by atoms with Gasteiger partial charge in [0.05, 0.1) is 30.4 Å². The smallest absolute Gasteiger partial charge is 0.227 e. The van der Waals surface area contributed by atoms with E-state index in [2.05, 4.69) is 20.2 Å². The minimum absolute atomic E-state index is 0.00250. The number of aromatic hydroxyl groups is 1. The highest BCUT2D eigenvalue weighted by atomic mass is 16.5. The van der Waals surface area contributed by atoms with E-state index >= 15 is 0 Å². The lowest BCUT2D eigenvalue weighted by atomic mass is 9.95. The van der Waals surface area contributed by atoms with E-state index in [0.29, 0.717) is 36.7 Å². The number of carbonyl (C=O) groups is 1. The van der Waals surface area contributed by atoms with Crippen molar-refractivity contribution in [3.63, 3.8) is 0 Å². The van der Waals surface area contributed by atoms with Crippen molar-refractivity contribution >= 4 is 18.2 Å². The number of phenols is 1. The molecule has 0 radical (unpaired) electrons. The molecule has 3 aliphatic rings. The second-order valence-electron chi connectivity index (χ2n) is 9.97. The second kappa shape index (κ2) is 11.3. The first kappa shape index (κ1) is 25.2. The van der Waals surface area contributed by atoms with E-state index in [0.717, 1.165) is 67.8 Å². The monoisotopic (exact) mass is 505 g/mol. The van der Waals surface area contributed by atoms with Gasteiger partial charge in [-0.25, -0.2) is 9.98 Å². The van der Waals surface area contributed by atoms with Gasteiger partial charge in [-0.1, -0.05) is 12.1 Å². The average Bonchev–Trinajstić information content (AvgIpc) is 3.34. The summed E-state index contributed by atoms with van der Waals surface area (Å²) in [4.78, 5) is 27.5. The molecule has 0 bridgehead atoms. The third kappa shape index (κ3) is 5.94. The lowest BCUT2D eigenvalue weighted by Gasteiger charge is -2.29. The van der Waals surface area contributed by atoms with Crippen LogP contribution in [0.5, 0.6) is 5.75 Å². The lowest BCUT2D eigenvalue weighted by molar-refractivity contribution is -0.123. The van der Waals surface area contributed by atoms with Crippen LogP contribution in [-0.2, 0) is 22.4 Å². The van der Waals surface area contributed by atoms with Crippen LogP contribution in [0.4, 0.5) is 0 Å². The van der Waals surface area contributed by atoms with Gasteiger partial charge in [-0.3, -0.25) is 4.79 Å². The summed E-state index contributed by atoms with van der Waals surface area (Å²) in [5.74, 6) is 1.14. The van der Waals surface area contributed by atoms with Crippen molar-refractivity contribution in [3.05, 3.63) is 52.7 Å². The van der Waals surface area contributed by atoms with Gasteiger partial charge in [0.15, 0.2) is 0 Å². The van der Waals surface area contributed by atoms with Gasteiger partial charge < -0.3 is 30.2 Å². The molecule has 1 unspecified atom stereocenters. The largest absolute Gasteiger partial charge is 0.507 e. The van der Waals surface area contributed by atoms with Crippen molar-refractivity contribution in [2.24, 2.45) is 10.9 Å². The Morgan fingerprint density at radius 2 is 2.14 bits per heavy atom. The first-order chi connectivity index (χ1) is 18.0. The number of amides is 1. The van der Waals surface area contributed by atoms with Gasteiger partial charge in [0.25, 0.3) is 0 Å². The lowest BCUT2D eigenvalue weighted by Crippen LogP contribution is -2.42. The first-order valence-corrected chi connectivity index (χ1v) is 13.1. The summed E-state index contributed by atoms with van der Waals surface area (Å²) in [7, 11) is 1.63. The maximum Gasteiger partial charge on any atom is 0.227 e. The van der Waals surface area contributed by atoms with Crippen molar-refractivity contribution in [2.75, 3.05) is 33.3 Å². The fourth-order valence-corrected chi connectivity index (χ4v) is 5.21. The summed E-state index contributed by atoms with van der Waals surface area (Å²) in [5.41, 5.74) is 4.49. The molecule has 1 saturated heterocycles. The highest BCUT2D eigenvalue weighted by Crippen LogP contribution is 2.33. The Kier molecular flexibility index (Phi) is 7.71. The number of aliphatic imine (C=N–C) groups is 1. The Balaban J connectivity index is 1.22. The Labute approximate surface area is 217 Å². The highest BCUT2D eigenvalue weighted by molar-refractivity contribution is 5.83. The number of hydrogen-bond donors (Lipinski definition) is 4. The number of allylic oxidation sites excluding steroid dienone is 1. The predicted molar refractivity (Wildman–Crippen MR) is 142 cm³/mol. The van der Waals surface area contributed by atoms with Gasteiger partial charge in [-0.15, -0.1) is 0 Å². The summed E-state index contributed by atoms with van der Waals surface area (Å²) in [6.45, 7) is 3.12. The number of aromatic amines is 1. The molecule has 0 saturated carbocycles. The molecular weight excluding hydrogens is 470 g/mol. The van der Waals surface area contributed by atoms with Crippen LogP contribution in [0.15, 0.2) is 40.7 Å². The summed E-state index contributed by atoms with van der Waals surface area (Å²) in [6.07, 6.45) is 10.1. The molecule has 2 aliphatic heterocycles. The molecule has 196 valence electrons. The fraction of sp³-hybridized carbons (Fsp3) is 0.464. The topological polar surface area (TPSA) is 123 Å². The number of piperidine rings is 1. The van der Waals surface area contributed by atoms with Gasteiger partial charge in [0.2, 0.25) is 11.8 Å². The third-order valence-electron chi connectivity index (χ3n) is 7.36. The van der Waals surface area contributed by atoms with Gasteiger partial charge in [-0.2, -0.15) is 0 Å². The third-order valence-corrected chi connectivity index (χ3v) is 7.36. The molecule has 37 heavy (non-hydrogen) atoms. The molecule has 1 aliphatic carbocycles. The molecule has 4 N–H and O–H groups in total. The van der Waals surface area contributed by atoms with Crippen molar-refractivity contribution in [1.82, 2.24) is 20.2 Å². The SMILES string of the molecule is COC1=C(Cc2ccc(O)c(-c3nc4c([nH]3)CC(C(=O)NCCN3CCC(O)CC3)C=C4)c2)CCC=N1. The Bertz CT molecular complexity index is 1220. The minimum Gasteiger partial charge on any atom is -0.507 e. The quantitative estimate of drug-likeness (QED) is 0.438. The van der Waals surface area contributed by atoms with Crippen LogP contribution >= 0.6 is 0 Å². The number of fused-ring (bicyclic) bond motifs is 1. The van der Waals surface area contributed by atoms with Crippen LogP contribution in [0, 0.1) is 5.92 Å². The van der Waals surface area contributed by atoms with Gasteiger partial charge in [0, 0.05) is 44.5 Å². The standard InChI is InChI=1S/C28H35N5O4/c1-37-28-20(3-2-10-30-28)15-18-4-7-25(35)22(16-18)26-31-23-6-5-19(17-24(23)32-26)27(36)29-11-14-33-12-8-21(34)9-13-33/h4-7,10,16,19,21,34-35H,2-3,8-9,11-15,17H2,1H3,(H,29,36)(H,31,32). The molecular formula is C28H35N5O4. The predicted octanol–water partition coefficient (Wildman–Crippen LogP) is 2.81. The number of benzene rings is 1. The van der Waals surface area contributed by atoms with Gasteiger partial charge in [0.1, 0.15) is 11.6 Å². The molecule has 0 spiro atoms. The highest BCUT2D eigenvalue weighted by Gasteiger charge is 2.25. The number of H-pyrrole nitrogens is 1. The maximum atomic E-state index is 12.8. The van der Waals surface area contributed by atoms with E-state index in [1.807, 2.05) is 30.5 Å². The molecule has 3 heterocycles. The molecule has 2 aromatic rings. The fourth-order valence-electron chi connectivity index (χ4n) is 5.21. The van der Waals surface area contributed by atoms with E-state index in [1.165, 1.54) is 0 Å². The molecule has 9 nitrogen and oxygen atoms in total. The number of ether oxygens (including phenoxy) is 1. The molecule has 1 aromatic heterocycles. The average molecular weight is 506 g/mol. The molecule has 1 aromatic carbocycles. The molecule has 1 atom stereocenters. The van der Waals surface area contributed by atoms with Crippen molar-refractivity contribution < 1.29 is 19.7 Å². The zero-order valence-electron chi connectivity index (χ0n) is 21.2. The second-order valence-corrected chi connectivity index (χ2v) is 9.97. The minimum atomic E-state index is -0.268. The van der Waals surface area contributed by atoms with E-state index in [-0.39, 0.29) is 23.7 Å². The number of carbonyl (C=O) groups excluding carboxylic acids is 1. The molecule has 5 rings (SSSR count). The van der Waals surface area contributed by atoms with Crippen LogP contribution in [0.2, 0.25) is 0 Å². The van der Waals surface area contributed by atoms with Gasteiger partial charge >= 0.3 is 0 Å². The number of rotatable bonds is 8. The first-order valence-electron chi connectivity index (χ1n) is 13.1. The number of aliphatic hydroxyl groups excluding tert-OH is 1. The number of imidazole rings is 1. The van der Waals surface area contributed by atoms with Crippen molar-refractivity contribution in [2.45, 2.75) is 44.6 Å². The summed E-state index contributed by atoms with van der Waals surface area (Å²) in [6, 6.07) is 5.55. The van der Waals surface area contributed by atoms with Crippen LogP contribution in [0.1, 0.15) is 42.6 Å². The number of aliphatic hydroxyl groups is 1. The Morgan fingerprint density at radius 3 is 2.95 bits per heavy atom. The Morgan fingerprint density at radius 1 is 1.30 bits per heavy atom. The van der Waals surface area contributed by atoms with Gasteiger partial charge in [-0.05, 0) is 61.4 Å². The van der Waals surface area contributed by atoms with Crippen molar-refractivity contribution in [3.8, 4) is 17.1 Å². The van der Waals surface area contributed by atoms with E-state index in [1.54, 1.807) is 13.2 Å². The molecule has 9 heteroatoms. The zero-order chi connectivity index (χ0) is 25.8. The van der Waals surface area contributed by atoms with Crippen LogP contribution in [-0.4, -0.2) is 76.6 Å². The summed E-state index contributed by atoms with van der Waals surface area (Å²) >= 11 is 0.